The van der Waals surface area contributed by atoms with Crippen LogP contribution in [0.5, 0.6) is 0 Å². The Bertz CT molecular complexity index is 1130. The molecule has 2 aromatic rings. The third-order valence-electron chi connectivity index (χ3n) is 7.50. The highest BCUT2D eigenvalue weighted by Crippen LogP contribution is 2.20. The van der Waals surface area contributed by atoms with E-state index in [9.17, 15) is 23.2 Å². The minimum Gasteiger partial charge on any atom is -0.469 e. The van der Waals surface area contributed by atoms with Gasteiger partial charge in [-0.2, -0.15) is 0 Å². The molecule has 0 aromatic heterocycles. The molecule has 0 aliphatic rings. The van der Waals surface area contributed by atoms with Crippen LogP contribution in [0.2, 0.25) is 0 Å². The first-order valence-electron chi connectivity index (χ1n) is 16.8. The van der Waals surface area contributed by atoms with Crippen LogP contribution in [-0.2, 0) is 36.7 Å². The number of hydroxylamine groups is 2. The summed E-state index contributed by atoms with van der Waals surface area (Å²) in [6.07, 6.45) is 9.69. The third-order valence-corrected chi connectivity index (χ3v) is 8.34. The van der Waals surface area contributed by atoms with Crippen LogP contribution in [0.4, 0.5) is 8.78 Å². The van der Waals surface area contributed by atoms with Crippen molar-refractivity contribution in [1.82, 2.24) is 11.0 Å². The number of alkyl halides is 1. The molecule has 0 aliphatic carbocycles. The van der Waals surface area contributed by atoms with Crippen LogP contribution in [0.15, 0.2) is 36.4 Å². The number of amides is 1. The predicted octanol–water partition coefficient (Wildman–Crippen LogP) is 8.35. The van der Waals surface area contributed by atoms with Gasteiger partial charge in [0.15, 0.2) is 0 Å². The molecule has 49 heavy (non-hydrogen) atoms. The van der Waals surface area contributed by atoms with Crippen LogP contribution >= 0.6 is 15.9 Å². The van der Waals surface area contributed by atoms with Gasteiger partial charge in [0.25, 0.3) is 0 Å². The molecule has 0 bridgehead atoms. The van der Waals surface area contributed by atoms with Crippen LogP contribution in [0.25, 0.3) is 0 Å². The Hall–Kier alpha value is -2.93. The van der Waals surface area contributed by atoms with Crippen LogP contribution in [0.1, 0.15) is 101 Å². The van der Waals surface area contributed by atoms with Gasteiger partial charge in [0, 0.05) is 13.0 Å². The number of nitrogens with one attached hydrogen (secondary N) is 2. The van der Waals surface area contributed by atoms with Gasteiger partial charge in [0.2, 0.25) is 5.91 Å². The summed E-state index contributed by atoms with van der Waals surface area (Å²) in [6.45, 7) is 9.67. The Morgan fingerprint density at radius 1 is 0.735 bits per heavy atom. The molecule has 0 fully saturated rings. The number of rotatable bonds is 16. The maximum atomic E-state index is 13.2. The number of halogens is 3. The molecule has 2 rings (SSSR count). The monoisotopic (exact) mass is 760 g/mol. The molecular weight excluding hydrogens is 702 g/mol. The zero-order valence-corrected chi connectivity index (χ0v) is 32.1. The maximum Gasteiger partial charge on any atom is 0.319 e. The van der Waals surface area contributed by atoms with E-state index < -0.39 is 0 Å². The smallest absolute Gasteiger partial charge is 0.319 e. The zero-order chi connectivity index (χ0) is 37.8. The van der Waals surface area contributed by atoms with Crippen molar-refractivity contribution in [1.29, 1.82) is 0 Å². The predicted molar refractivity (Wildman–Crippen MR) is 193 cm³/mol. The van der Waals surface area contributed by atoms with E-state index in [-0.39, 0.29) is 46.1 Å². The van der Waals surface area contributed by atoms with Crippen molar-refractivity contribution in [3.63, 3.8) is 0 Å². The highest BCUT2D eigenvalue weighted by Gasteiger charge is 2.20. The summed E-state index contributed by atoms with van der Waals surface area (Å²) in [5.74, 6) is -1.55. The summed E-state index contributed by atoms with van der Waals surface area (Å²) in [6, 6.07) is 9.85. The van der Waals surface area contributed by atoms with E-state index >= 15 is 0 Å². The molecule has 0 saturated carbocycles. The number of unbranched alkanes of at least 4 members (excludes halogenated alkanes) is 3. The third kappa shape index (κ3) is 22.4. The van der Waals surface area contributed by atoms with Gasteiger partial charge in [-0.05, 0) is 80.3 Å². The van der Waals surface area contributed by atoms with Gasteiger partial charge in [-0.3, -0.25) is 19.6 Å². The normalized spacial score (nSPS) is 11.9. The lowest BCUT2D eigenvalue weighted by Gasteiger charge is -2.14. The van der Waals surface area contributed by atoms with E-state index in [2.05, 4.69) is 41.4 Å². The van der Waals surface area contributed by atoms with Gasteiger partial charge in [0.05, 0.1) is 20.1 Å². The van der Waals surface area contributed by atoms with Crippen molar-refractivity contribution >= 4 is 33.8 Å². The fraction of sp³-hybridized carbons (Fsp3) is 0.595. The minimum absolute atomic E-state index is 0.113. The number of hydrogen-bond acceptors (Lipinski definition) is 8. The van der Waals surface area contributed by atoms with Gasteiger partial charge < -0.3 is 14.7 Å². The lowest BCUT2D eigenvalue weighted by Crippen LogP contribution is -2.29. The zero-order valence-electron chi connectivity index (χ0n) is 30.5. The van der Waals surface area contributed by atoms with Crippen LogP contribution in [0.3, 0.4) is 0 Å². The van der Waals surface area contributed by atoms with Gasteiger partial charge in [0.1, 0.15) is 16.5 Å². The number of carbonyl (C=O) groups excluding carboxylic acids is 3. The second kappa shape index (κ2) is 29.9. The SMILES string of the molecule is CCCCC(Br)C(=O)OC.CCCCC(Cc1ccc(F)c(C)c1)C(=O)NO.CCCCC(Cc1ccc(F)c(C)c1)C(=O)OC.CNO. The number of ether oxygens (including phenoxy) is 2. The number of carbonyl (C=O) groups is 3. The average Bonchev–Trinajstić information content (AvgIpc) is 3.10. The molecule has 2 aromatic carbocycles. The molecule has 280 valence electrons. The van der Waals surface area contributed by atoms with Gasteiger partial charge in [-0.15, -0.1) is 0 Å². The van der Waals surface area contributed by atoms with E-state index in [0.717, 1.165) is 68.9 Å². The summed E-state index contributed by atoms with van der Waals surface area (Å²) in [5.41, 5.74) is 6.55. The summed E-state index contributed by atoms with van der Waals surface area (Å²) >= 11 is 3.23. The Morgan fingerprint density at radius 2 is 1.12 bits per heavy atom. The standard InChI is InChI=1S/C15H21FO2.C14H20FNO2.C7H13BrO2.CH5NO/c1-4-5-6-13(15(17)18-3)10-12-7-8-14(16)11(2)9-12;1-3-4-5-12(14(17)16-18)9-11-6-7-13(15)10(2)8-11;1-3-4-5-6(8)7(9)10-2;1-2-3/h7-9,13H,4-6,10H2,1-3H3;6-8,12,18H,3-5,9H2,1-2H3,(H,16,17);6H,3-5H2,1-2H3;2-3H,1H3. The molecule has 0 saturated heterocycles. The topological polar surface area (TPSA) is 134 Å². The molecule has 1 amide bonds. The van der Waals surface area contributed by atoms with E-state index in [1.807, 2.05) is 0 Å². The molecule has 4 N–H and O–H groups in total. The van der Waals surface area contributed by atoms with Gasteiger partial charge in [-0.1, -0.05) is 99.5 Å². The van der Waals surface area contributed by atoms with Crippen LogP contribution in [0, 0.1) is 37.3 Å². The van der Waals surface area contributed by atoms with Crippen molar-refractivity contribution in [2.45, 2.75) is 110 Å². The largest absolute Gasteiger partial charge is 0.469 e. The Morgan fingerprint density at radius 3 is 1.49 bits per heavy atom. The number of hydrogen-bond donors (Lipinski definition) is 4. The molecule has 0 radical (unpaired) electrons. The molecule has 9 nitrogen and oxygen atoms in total. The highest BCUT2D eigenvalue weighted by atomic mass is 79.9. The molecule has 12 heteroatoms. The van der Waals surface area contributed by atoms with E-state index in [0.29, 0.717) is 24.0 Å². The molecule has 0 spiro atoms. The number of esters is 2. The Balaban J connectivity index is 0. The van der Waals surface area contributed by atoms with Crippen molar-refractivity contribution in [2.75, 3.05) is 21.3 Å². The van der Waals surface area contributed by atoms with E-state index in [1.54, 1.807) is 49.1 Å². The molecule has 3 unspecified atom stereocenters. The summed E-state index contributed by atoms with van der Waals surface area (Å²) in [7, 11) is 4.25. The van der Waals surface area contributed by atoms with Crippen LogP contribution < -0.4 is 11.0 Å². The molecule has 0 heterocycles. The van der Waals surface area contributed by atoms with E-state index in [4.69, 9.17) is 15.2 Å². The molecule has 0 aliphatic heterocycles. The first-order chi connectivity index (χ1) is 23.3. The van der Waals surface area contributed by atoms with Crippen molar-refractivity contribution < 1.29 is 43.1 Å². The minimum atomic E-state index is -0.370. The second-order valence-corrected chi connectivity index (χ2v) is 12.7. The maximum absolute atomic E-state index is 13.2. The molecular formula is C37H59BrF2N2O7. The summed E-state index contributed by atoms with van der Waals surface area (Å²) < 4.78 is 35.7. The fourth-order valence-electron chi connectivity index (χ4n) is 4.65. The van der Waals surface area contributed by atoms with Gasteiger partial charge >= 0.3 is 11.9 Å². The van der Waals surface area contributed by atoms with Crippen molar-refractivity contribution in [3.05, 3.63) is 70.3 Å². The highest BCUT2D eigenvalue weighted by molar-refractivity contribution is 9.10. The number of aryl methyl sites for hydroxylation is 2. The quantitative estimate of drug-likeness (QED) is 0.0581. The molecule has 3 atom stereocenters. The van der Waals surface area contributed by atoms with Gasteiger partial charge in [-0.25, -0.2) is 19.7 Å². The Labute approximate surface area is 300 Å². The lowest BCUT2D eigenvalue weighted by atomic mass is 9.93. The first-order valence-corrected chi connectivity index (χ1v) is 17.8. The van der Waals surface area contributed by atoms with Crippen LogP contribution in [-0.4, -0.2) is 54.4 Å². The first kappa shape index (κ1) is 48.2. The van der Waals surface area contributed by atoms with E-state index in [1.165, 1.54) is 33.4 Å². The lowest BCUT2D eigenvalue weighted by molar-refractivity contribution is -0.145. The number of benzene rings is 2. The summed E-state index contributed by atoms with van der Waals surface area (Å²) in [4.78, 5) is 33.9. The second-order valence-electron chi connectivity index (χ2n) is 11.6. The average molecular weight is 762 g/mol. The summed E-state index contributed by atoms with van der Waals surface area (Å²) in [5, 5.41) is 16.0. The number of methoxy groups -OCH3 is 2. The van der Waals surface area contributed by atoms with Crippen molar-refractivity contribution in [2.24, 2.45) is 11.8 Å². The van der Waals surface area contributed by atoms with Crippen molar-refractivity contribution in [3.8, 4) is 0 Å². The fourth-order valence-corrected chi connectivity index (χ4v) is 5.16. The Kier molecular flexibility index (Phi) is 29.4.